The number of aliphatic hydroxyl groups is 1. The molecule has 0 aliphatic carbocycles. The maximum Gasteiger partial charge on any atom is 0.0449 e. The van der Waals surface area contributed by atoms with Crippen LogP contribution in [0.5, 0.6) is 0 Å². The Kier molecular flexibility index (Phi) is 7.48. The van der Waals surface area contributed by atoms with E-state index in [9.17, 15) is 5.11 Å². The van der Waals surface area contributed by atoms with Crippen LogP contribution < -0.4 is 5.32 Å². The van der Waals surface area contributed by atoms with Gasteiger partial charge < -0.3 is 10.4 Å². The molecule has 1 fully saturated rings. The Morgan fingerprint density at radius 3 is 2.56 bits per heavy atom. The Bertz CT molecular complexity index is 359. The summed E-state index contributed by atoms with van der Waals surface area (Å²) in [6.45, 7) is 4.47. The van der Waals surface area contributed by atoms with Crippen molar-refractivity contribution in [3.63, 3.8) is 0 Å². The van der Waals surface area contributed by atoms with E-state index in [4.69, 9.17) is 0 Å². The summed E-state index contributed by atoms with van der Waals surface area (Å²) in [5.74, 6) is 0. The van der Waals surface area contributed by atoms with Crippen LogP contribution in [0.2, 0.25) is 0 Å². The van der Waals surface area contributed by atoms with E-state index in [1.165, 1.54) is 9.13 Å². The third-order valence-corrected chi connectivity index (χ3v) is 4.24. The average molecular weight is 383 g/mol. The van der Waals surface area contributed by atoms with Gasteiger partial charge in [-0.1, -0.05) is 18.2 Å². The van der Waals surface area contributed by atoms with Crippen LogP contribution in [0.3, 0.4) is 0 Å². The Labute approximate surface area is 128 Å². The first kappa shape index (κ1) is 16.2. The normalized spacial score (nSPS) is 18.1. The first-order chi connectivity index (χ1) is 8.33. The Balaban J connectivity index is 0.00000162. The van der Waals surface area contributed by atoms with Crippen LogP contribution in [0.1, 0.15) is 18.0 Å². The maximum absolute atomic E-state index is 9.27. The monoisotopic (exact) mass is 382 g/mol. The van der Waals surface area contributed by atoms with E-state index >= 15 is 0 Å². The third-order valence-electron chi connectivity index (χ3n) is 3.26. The van der Waals surface area contributed by atoms with Gasteiger partial charge in [0.25, 0.3) is 0 Å². The summed E-state index contributed by atoms with van der Waals surface area (Å²) >= 11 is 2.39. The first-order valence-electron chi connectivity index (χ1n) is 6.13. The minimum absolute atomic E-state index is 0. The van der Waals surface area contributed by atoms with Gasteiger partial charge in [0.05, 0.1) is 0 Å². The number of hydrogen-bond acceptors (Lipinski definition) is 3. The van der Waals surface area contributed by atoms with E-state index in [1.807, 2.05) is 0 Å². The van der Waals surface area contributed by atoms with Crippen molar-refractivity contribution >= 4 is 35.0 Å². The van der Waals surface area contributed by atoms with Crippen molar-refractivity contribution < 1.29 is 5.11 Å². The van der Waals surface area contributed by atoms with Crippen molar-refractivity contribution in [2.75, 3.05) is 32.8 Å². The Morgan fingerprint density at radius 1 is 1.28 bits per heavy atom. The Hall–Kier alpha value is 0.120. The van der Waals surface area contributed by atoms with Crippen LogP contribution in [0.15, 0.2) is 24.3 Å². The molecule has 1 aliphatic heterocycles. The lowest BCUT2D eigenvalue weighted by molar-refractivity contribution is 0.140. The molecule has 3 nitrogen and oxygen atoms in total. The molecule has 0 amide bonds. The highest BCUT2D eigenvalue weighted by Gasteiger charge is 2.22. The van der Waals surface area contributed by atoms with Gasteiger partial charge in [-0.05, 0) is 40.6 Å². The van der Waals surface area contributed by atoms with Crippen LogP contribution in [0.4, 0.5) is 0 Å². The number of halogens is 2. The van der Waals surface area contributed by atoms with E-state index < -0.39 is 0 Å². The molecule has 1 heterocycles. The van der Waals surface area contributed by atoms with Gasteiger partial charge in [0.15, 0.2) is 0 Å². The molecule has 0 radical (unpaired) electrons. The van der Waals surface area contributed by atoms with Crippen molar-refractivity contribution in [3.05, 3.63) is 33.4 Å². The smallest absolute Gasteiger partial charge is 0.0449 e. The fourth-order valence-corrected chi connectivity index (χ4v) is 3.14. The summed E-state index contributed by atoms with van der Waals surface area (Å²) in [5, 5.41) is 12.6. The molecule has 0 saturated carbocycles. The number of benzene rings is 1. The molecular weight excluding hydrogens is 363 g/mol. The lowest BCUT2D eigenvalue weighted by Gasteiger charge is -2.35. The summed E-state index contributed by atoms with van der Waals surface area (Å²) in [7, 11) is 0. The largest absolute Gasteiger partial charge is 0.396 e. The maximum atomic E-state index is 9.27. The average Bonchev–Trinajstić information content (AvgIpc) is 2.38. The minimum Gasteiger partial charge on any atom is -0.396 e. The Morgan fingerprint density at radius 2 is 1.94 bits per heavy atom. The molecule has 1 aromatic carbocycles. The van der Waals surface area contributed by atoms with Crippen molar-refractivity contribution in [2.45, 2.75) is 12.5 Å². The molecule has 1 atom stereocenters. The van der Waals surface area contributed by atoms with Gasteiger partial charge in [-0.2, -0.15) is 0 Å². The highest BCUT2D eigenvalue weighted by atomic mass is 127. The zero-order valence-corrected chi connectivity index (χ0v) is 13.3. The topological polar surface area (TPSA) is 35.5 Å². The molecular formula is C13H20ClIN2O. The number of aliphatic hydroxyl groups excluding tert-OH is 1. The molecule has 1 aromatic rings. The van der Waals surface area contributed by atoms with Crippen molar-refractivity contribution in [1.29, 1.82) is 0 Å². The van der Waals surface area contributed by atoms with E-state index in [0.717, 1.165) is 32.6 Å². The molecule has 5 heteroatoms. The summed E-state index contributed by atoms with van der Waals surface area (Å²) < 4.78 is 1.29. The predicted molar refractivity (Wildman–Crippen MR) is 85.3 cm³/mol. The standard InChI is InChI=1S/C13H19IN2O.ClH/c14-12-4-2-1-3-11(12)13(5-10-17)16-8-6-15-7-9-16;/h1-4,13,15,17H,5-10H2;1H/t13-;/m1./s1. The summed E-state index contributed by atoms with van der Waals surface area (Å²) in [6, 6.07) is 8.84. The fraction of sp³-hybridized carbons (Fsp3) is 0.538. The van der Waals surface area contributed by atoms with Gasteiger partial charge in [0, 0.05) is 42.4 Å². The summed E-state index contributed by atoms with van der Waals surface area (Å²) in [4.78, 5) is 2.48. The number of nitrogens with zero attached hydrogens (tertiary/aromatic N) is 1. The predicted octanol–water partition coefficient (Wildman–Crippen LogP) is 2.04. The molecule has 0 unspecified atom stereocenters. The number of hydrogen-bond donors (Lipinski definition) is 2. The fourth-order valence-electron chi connectivity index (χ4n) is 2.40. The molecule has 102 valence electrons. The van der Waals surface area contributed by atoms with E-state index in [2.05, 4.69) is 57.1 Å². The highest BCUT2D eigenvalue weighted by Crippen LogP contribution is 2.28. The third kappa shape index (κ3) is 4.06. The first-order valence-corrected chi connectivity index (χ1v) is 7.21. The number of piperazine rings is 1. The molecule has 1 aliphatic rings. The van der Waals surface area contributed by atoms with E-state index in [-0.39, 0.29) is 19.0 Å². The van der Waals surface area contributed by atoms with E-state index in [1.54, 1.807) is 0 Å². The second-order valence-corrected chi connectivity index (χ2v) is 5.50. The molecule has 0 spiro atoms. The van der Waals surface area contributed by atoms with Gasteiger partial charge in [0.1, 0.15) is 0 Å². The quantitative estimate of drug-likeness (QED) is 0.782. The van der Waals surface area contributed by atoms with Crippen LogP contribution >= 0.6 is 35.0 Å². The van der Waals surface area contributed by atoms with E-state index in [0.29, 0.717) is 6.04 Å². The van der Waals surface area contributed by atoms with Crippen LogP contribution in [-0.2, 0) is 0 Å². The van der Waals surface area contributed by atoms with Crippen LogP contribution in [0.25, 0.3) is 0 Å². The molecule has 0 bridgehead atoms. The van der Waals surface area contributed by atoms with Gasteiger partial charge in [-0.3, -0.25) is 4.90 Å². The zero-order valence-electron chi connectivity index (χ0n) is 10.3. The molecule has 0 aromatic heterocycles. The van der Waals surface area contributed by atoms with Crippen LogP contribution in [0, 0.1) is 3.57 Å². The van der Waals surface area contributed by atoms with Gasteiger partial charge in [-0.25, -0.2) is 0 Å². The van der Waals surface area contributed by atoms with Gasteiger partial charge in [-0.15, -0.1) is 12.4 Å². The summed E-state index contributed by atoms with van der Waals surface area (Å²) in [5.41, 5.74) is 1.35. The highest BCUT2D eigenvalue weighted by molar-refractivity contribution is 14.1. The number of rotatable bonds is 4. The van der Waals surface area contributed by atoms with Gasteiger partial charge in [0.2, 0.25) is 0 Å². The summed E-state index contributed by atoms with van der Waals surface area (Å²) in [6.07, 6.45) is 0.819. The van der Waals surface area contributed by atoms with Crippen molar-refractivity contribution in [3.8, 4) is 0 Å². The minimum atomic E-state index is 0. The molecule has 18 heavy (non-hydrogen) atoms. The van der Waals surface area contributed by atoms with Crippen molar-refractivity contribution in [2.24, 2.45) is 0 Å². The lowest BCUT2D eigenvalue weighted by atomic mass is 10.0. The lowest BCUT2D eigenvalue weighted by Crippen LogP contribution is -2.45. The van der Waals surface area contributed by atoms with Crippen LogP contribution in [-0.4, -0.2) is 42.8 Å². The molecule has 2 rings (SSSR count). The SMILES string of the molecule is Cl.OCC[C@H](c1ccccc1I)N1CCNCC1. The second kappa shape index (κ2) is 8.32. The zero-order chi connectivity index (χ0) is 12.1. The molecule has 1 saturated heterocycles. The second-order valence-electron chi connectivity index (χ2n) is 4.34. The number of nitrogens with one attached hydrogen (secondary N) is 1. The molecule has 2 N–H and O–H groups in total. The van der Waals surface area contributed by atoms with Gasteiger partial charge >= 0.3 is 0 Å². The van der Waals surface area contributed by atoms with Crippen molar-refractivity contribution in [1.82, 2.24) is 10.2 Å².